The Labute approximate surface area is 173 Å². The number of carbonyl (C=O) groups excluding carboxylic acids is 1. The largest absolute Gasteiger partial charge is 0.658 e. The van der Waals surface area contributed by atoms with Gasteiger partial charge in [0.1, 0.15) is 0 Å². The molecule has 0 bridgehead atoms. The van der Waals surface area contributed by atoms with Crippen molar-refractivity contribution in [3.8, 4) is 0 Å². The van der Waals surface area contributed by atoms with Crippen LogP contribution in [0.4, 0.5) is 0 Å². The van der Waals surface area contributed by atoms with Crippen LogP contribution < -0.4 is 0 Å². The molecule has 1 N–H and O–H groups in total. The van der Waals surface area contributed by atoms with Gasteiger partial charge in [-0.25, -0.2) is 0 Å². The van der Waals surface area contributed by atoms with E-state index in [1.54, 1.807) is 0 Å². The van der Waals surface area contributed by atoms with Gasteiger partial charge in [-0.1, -0.05) is 75.5 Å². The summed E-state index contributed by atoms with van der Waals surface area (Å²) in [6.45, 7) is 2.85. The van der Waals surface area contributed by atoms with Crippen molar-refractivity contribution in [3.63, 3.8) is 0 Å². The van der Waals surface area contributed by atoms with E-state index in [2.05, 4.69) is 6.42 Å². The van der Waals surface area contributed by atoms with Crippen LogP contribution in [0, 0.1) is 30.1 Å². The van der Waals surface area contributed by atoms with E-state index in [0.29, 0.717) is 0 Å². The molecule has 3 aliphatic carbocycles. The number of allylic oxidation sites excluding steroid dienone is 2. The second kappa shape index (κ2) is 10.4. The molecule has 151 valence electrons. The van der Waals surface area contributed by atoms with Crippen LogP contribution >= 0.6 is 0 Å². The van der Waals surface area contributed by atoms with Gasteiger partial charge >= 0.3 is 0 Å². The third kappa shape index (κ3) is 5.66. The molecule has 4 fully saturated rings. The maximum atomic E-state index is 10.0. The minimum Gasteiger partial charge on any atom is -0.658 e. The van der Waals surface area contributed by atoms with E-state index in [1.807, 2.05) is 0 Å². The first-order valence-electron chi connectivity index (χ1n) is 10.5. The van der Waals surface area contributed by atoms with Crippen molar-refractivity contribution in [2.45, 2.75) is 90.1 Å². The Kier molecular flexibility index (Phi) is 8.83. The van der Waals surface area contributed by atoms with Crippen LogP contribution in [0.3, 0.4) is 0 Å². The first-order chi connectivity index (χ1) is 12.0. The van der Waals surface area contributed by atoms with E-state index >= 15 is 0 Å². The summed E-state index contributed by atoms with van der Waals surface area (Å²) in [6, 6.07) is 1.50. The summed E-state index contributed by atoms with van der Waals surface area (Å²) in [4.78, 5) is 10.0. The van der Waals surface area contributed by atoms with Crippen LogP contribution in [-0.2, 0) is 24.9 Å². The summed E-state index contributed by atoms with van der Waals surface area (Å²) in [5.74, 6) is 3.75. The minimum atomic E-state index is -0.125. The van der Waals surface area contributed by atoms with Crippen molar-refractivity contribution < 1.29 is 30.0 Å². The molecular weight excluding hydrogens is 502 g/mol. The fourth-order valence-corrected chi connectivity index (χ4v) is 5.79. The molecular formula is C22H35IrNO2-2. The SMILES string of the molecule is CC(=O)/C=C(/C)O.[CH-]1CCCC2CCC3CC4CCCCC4[N-]C3C12.[Ir]. The van der Waals surface area contributed by atoms with E-state index in [-0.39, 0.29) is 31.6 Å². The molecule has 1 saturated heterocycles. The summed E-state index contributed by atoms with van der Waals surface area (Å²) >= 11 is 0. The van der Waals surface area contributed by atoms with Crippen molar-refractivity contribution in [1.29, 1.82) is 0 Å². The van der Waals surface area contributed by atoms with Crippen molar-refractivity contribution in [2.24, 2.45) is 23.7 Å². The Bertz CT molecular complexity index is 487. The fourth-order valence-electron chi connectivity index (χ4n) is 5.79. The molecule has 0 aromatic carbocycles. The maximum Gasteiger partial charge on any atom is 0.155 e. The molecule has 6 unspecified atom stereocenters. The van der Waals surface area contributed by atoms with Gasteiger partial charge in [-0.15, -0.1) is 6.04 Å². The van der Waals surface area contributed by atoms with Crippen LogP contribution in [0.15, 0.2) is 11.8 Å². The number of nitrogens with zero attached hydrogens (tertiary/aromatic N) is 1. The van der Waals surface area contributed by atoms with Gasteiger partial charge in [0.2, 0.25) is 0 Å². The Morgan fingerprint density at radius 3 is 2.38 bits per heavy atom. The zero-order chi connectivity index (χ0) is 17.8. The predicted octanol–water partition coefficient (Wildman–Crippen LogP) is 5.76. The topological polar surface area (TPSA) is 51.4 Å². The standard InChI is InChI=1S/C17H27N.C5H8O2.Ir/c1-3-7-15-12(5-1)9-10-14-11-13-6-2-4-8-16(13)18-17(14)15;1-4(6)3-5(2)7;/h7,12-17H,1-6,8-11H2;3,6H,1-2H3;/q-2;;/b;4-3-;. The molecule has 4 aliphatic rings. The summed E-state index contributed by atoms with van der Waals surface area (Å²) in [5.41, 5.74) is 0. The minimum absolute atomic E-state index is 0. The first kappa shape index (κ1) is 22.1. The Morgan fingerprint density at radius 1 is 1.00 bits per heavy atom. The molecule has 0 aromatic rings. The molecule has 0 spiro atoms. The molecule has 1 radical (unpaired) electrons. The Morgan fingerprint density at radius 2 is 1.69 bits per heavy atom. The zero-order valence-corrected chi connectivity index (χ0v) is 18.7. The number of hydrogen-bond acceptors (Lipinski definition) is 2. The second-order valence-corrected chi connectivity index (χ2v) is 8.73. The smallest absolute Gasteiger partial charge is 0.155 e. The molecule has 0 aromatic heterocycles. The molecule has 3 saturated carbocycles. The van der Waals surface area contributed by atoms with E-state index in [0.717, 1.165) is 35.8 Å². The molecule has 3 nitrogen and oxygen atoms in total. The van der Waals surface area contributed by atoms with Crippen LogP contribution in [-0.4, -0.2) is 23.0 Å². The Hall–Kier alpha value is -0.181. The number of rotatable bonds is 1. The first-order valence-corrected chi connectivity index (χ1v) is 10.5. The summed E-state index contributed by atoms with van der Waals surface area (Å²) < 4.78 is 0. The van der Waals surface area contributed by atoms with Gasteiger partial charge in [0.25, 0.3) is 0 Å². The average molecular weight is 538 g/mol. The number of piperidine rings is 1. The molecule has 4 rings (SSSR count). The molecule has 4 heteroatoms. The molecule has 1 aliphatic heterocycles. The quantitative estimate of drug-likeness (QED) is 0.263. The summed E-state index contributed by atoms with van der Waals surface area (Å²) in [6.07, 6.45) is 18.5. The molecule has 0 amide bonds. The van der Waals surface area contributed by atoms with E-state index < -0.39 is 0 Å². The fraction of sp³-hybridized carbons (Fsp3) is 0.818. The zero-order valence-electron chi connectivity index (χ0n) is 16.3. The molecule has 6 atom stereocenters. The predicted molar refractivity (Wildman–Crippen MR) is 102 cm³/mol. The van der Waals surface area contributed by atoms with Gasteiger partial charge in [0, 0.05) is 26.2 Å². The van der Waals surface area contributed by atoms with E-state index in [9.17, 15) is 4.79 Å². The number of hydrogen-bond donors (Lipinski definition) is 1. The van der Waals surface area contributed by atoms with Crippen LogP contribution in [0.25, 0.3) is 5.32 Å². The van der Waals surface area contributed by atoms with Crippen LogP contribution in [0.5, 0.6) is 0 Å². The third-order valence-electron chi connectivity index (χ3n) is 6.80. The summed E-state index contributed by atoms with van der Waals surface area (Å²) in [7, 11) is 0. The van der Waals surface area contributed by atoms with Crippen LogP contribution in [0.1, 0.15) is 78.1 Å². The number of fused-ring (bicyclic) bond motifs is 4. The van der Waals surface area contributed by atoms with Gasteiger partial charge in [-0.2, -0.15) is 18.4 Å². The van der Waals surface area contributed by atoms with Gasteiger partial charge in [-0.3, -0.25) is 4.79 Å². The molecule has 26 heavy (non-hydrogen) atoms. The number of ketones is 1. The Balaban J connectivity index is 0.000000265. The van der Waals surface area contributed by atoms with E-state index in [4.69, 9.17) is 10.4 Å². The summed E-state index contributed by atoms with van der Waals surface area (Å²) in [5, 5.41) is 13.7. The third-order valence-corrected chi connectivity index (χ3v) is 6.80. The van der Waals surface area contributed by atoms with Gasteiger partial charge in [0.05, 0.1) is 5.76 Å². The normalized spacial score (nSPS) is 39.1. The second-order valence-electron chi connectivity index (χ2n) is 8.73. The van der Waals surface area contributed by atoms with Crippen molar-refractivity contribution in [2.75, 3.05) is 0 Å². The van der Waals surface area contributed by atoms with Crippen molar-refractivity contribution in [1.82, 2.24) is 0 Å². The number of carbonyl (C=O) groups is 1. The van der Waals surface area contributed by atoms with Gasteiger partial charge in [0.15, 0.2) is 5.78 Å². The van der Waals surface area contributed by atoms with Crippen LogP contribution in [0.2, 0.25) is 0 Å². The van der Waals surface area contributed by atoms with Gasteiger partial charge < -0.3 is 16.8 Å². The average Bonchev–Trinajstić information content (AvgIpc) is 2.59. The number of aliphatic hydroxyl groups is 1. The monoisotopic (exact) mass is 538 g/mol. The maximum absolute atomic E-state index is 10.0. The molecule has 1 heterocycles. The van der Waals surface area contributed by atoms with Crippen molar-refractivity contribution in [3.05, 3.63) is 23.6 Å². The van der Waals surface area contributed by atoms with Gasteiger partial charge in [-0.05, 0) is 13.8 Å². The van der Waals surface area contributed by atoms with E-state index in [1.165, 1.54) is 84.1 Å². The number of aliphatic hydroxyl groups excluding tert-OH is 1. The van der Waals surface area contributed by atoms with Crippen molar-refractivity contribution >= 4 is 5.78 Å².